The highest BCUT2D eigenvalue weighted by molar-refractivity contribution is 6.30. The summed E-state index contributed by atoms with van der Waals surface area (Å²) >= 11 is 5.80. The Morgan fingerprint density at radius 3 is 2.56 bits per heavy atom. The minimum Gasteiger partial charge on any atom is -0.379 e. The predicted molar refractivity (Wildman–Crippen MR) is 71.9 cm³/mol. The van der Waals surface area contributed by atoms with Crippen LogP contribution in [0.25, 0.3) is 0 Å². The highest BCUT2D eigenvalue weighted by Gasteiger charge is 2.22. The van der Waals surface area contributed by atoms with Gasteiger partial charge in [0, 0.05) is 23.8 Å². The minimum absolute atomic E-state index is 0.000720. The smallest absolute Gasteiger partial charge is 0.241 e. The van der Waals surface area contributed by atoms with E-state index in [1.54, 1.807) is 24.3 Å². The molecule has 0 bridgehead atoms. The van der Waals surface area contributed by atoms with Crippen LogP contribution >= 0.6 is 11.6 Å². The van der Waals surface area contributed by atoms with E-state index in [2.05, 4.69) is 10.2 Å². The fraction of sp³-hybridized carbons (Fsp3) is 0.462. The van der Waals surface area contributed by atoms with Gasteiger partial charge in [-0.15, -0.1) is 0 Å². The molecule has 0 aliphatic carbocycles. The summed E-state index contributed by atoms with van der Waals surface area (Å²) in [6.07, 6.45) is 0. The summed E-state index contributed by atoms with van der Waals surface area (Å²) < 4.78 is 5.27. The largest absolute Gasteiger partial charge is 0.379 e. The Balaban J connectivity index is 1.92. The molecule has 1 fully saturated rings. The number of nitrogens with one attached hydrogen (secondary N) is 1. The summed E-state index contributed by atoms with van der Waals surface area (Å²) in [5, 5.41) is 3.55. The van der Waals surface area contributed by atoms with Crippen molar-refractivity contribution in [3.05, 3.63) is 29.3 Å². The van der Waals surface area contributed by atoms with E-state index in [0.29, 0.717) is 18.2 Å². The van der Waals surface area contributed by atoms with E-state index in [1.165, 1.54) is 0 Å². The molecule has 0 radical (unpaired) electrons. The van der Waals surface area contributed by atoms with Crippen LogP contribution in [0.5, 0.6) is 0 Å². The van der Waals surface area contributed by atoms with Crippen molar-refractivity contribution in [3.63, 3.8) is 0 Å². The number of amides is 1. The first-order valence-electron chi connectivity index (χ1n) is 6.05. The fourth-order valence-electron chi connectivity index (χ4n) is 1.91. The van der Waals surface area contributed by atoms with Crippen LogP contribution in [0, 0.1) is 0 Å². The number of halogens is 1. The highest BCUT2D eigenvalue weighted by atomic mass is 35.5. The molecular weight excluding hydrogens is 252 g/mol. The lowest BCUT2D eigenvalue weighted by Gasteiger charge is -2.31. The fourth-order valence-corrected chi connectivity index (χ4v) is 2.04. The summed E-state index contributed by atoms with van der Waals surface area (Å²) in [7, 11) is 0. The first kappa shape index (κ1) is 13.3. The number of nitrogens with zero attached hydrogens (tertiary/aromatic N) is 1. The zero-order valence-corrected chi connectivity index (χ0v) is 11.1. The maximum Gasteiger partial charge on any atom is 0.241 e. The van der Waals surface area contributed by atoms with Crippen LogP contribution in [0.4, 0.5) is 5.69 Å². The molecule has 0 saturated carbocycles. The average Bonchev–Trinajstić information content (AvgIpc) is 2.41. The molecule has 0 unspecified atom stereocenters. The maximum atomic E-state index is 12.1. The normalized spacial score (nSPS) is 18.3. The topological polar surface area (TPSA) is 41.6 Å². The summed E-state index contributed by atoms with van der Waals surface area (Å²) in [6, 6.07) is 6.97. The average molecular weight is 269 g/mol. The number of carbonyl (C=O) groups is 1. The second-order valence-electron chi connectivity index (χ2n) is 4.32. The van der Waals surface area contributed by atoms with Gasteiger partial charge in [-0.1, -0.05) is 11.6 Å². The Labute approximate surface area is 112 Å². The molecule has 1 aromatic carbocycles. The standard InChI is InChI=1S/C13H17ClN2O2/c1-10(16-6-8-18-9-7-16)13(17)15-12-4-2-11(14)3-5-12/h2-5,10H,6-9H2,1H3,(H,15,17)/t10-/m1/s1. The zero-order valence-electron chi connectivity index (χ0n) is 10.4. The lowest BCUT2D eigenvalue weighted by atomic mass is 10.2. The molecule has 1 heterocycles. The highest BCUT2D eigenvalue weighted by Crippen LogP contribution is 2.14. The van der Waals surface area contributed by atoms with Gasteiger partial charge >= 0.3 is 0 Å². The summed E-state index contributed by atoms with van der Waals surface area (Å²) in [6.45, 7) is 4.90. The molecule has 1 aliphatic heterocycles. The Bertz CT molecular complexity index is 402. The molecule has 1 saturated heterocycles. The molecule has 18 heavy (non-hydrogen) atoms. The molecule has 1 atom stereocenters. The Hall–Kier alpha value is -1.10. The minimum atomic E-state index is -0.149. The molecule has 4 nitrogen and oxygen atoms in total. The summed E-state index contributed by atoms with van der Waals surface area (Å²) in [5.74, 6) is -0.000720. The number of ether oxygens (including phenoxy) is 1. The van der Waals surface area contributed by atoms with Crippen LogP contribution in [0.1, 0.15) is 6.92 Å². The van der Waals surface area contributed by atoms with E-state index in [9.17, 15) is 4.79 Å². The van der Waals surface area contributed by atoms with Gasteiger partial charge in [0.2, 0.25) is 5.91 Å². The van der Waals surface area contributed by atoms with Crippen molar-refractivity contribution in [3.8, 4) is 0 Å². The number of benzene rings is 1. The van der Waals surface area contributed by atoms with E-state index in [1.807, 2.05) is 6.92 Å². The van der Waals surface area contributed by atoms with Crippen molar-refractivity contribution >= 4 is 23.2 Å². The van der Waals surface area contributed by atoms with Crippen molar-refractivity contribution in [2.75, 3.05) is 31.6 Å². The van der Waals surface area contributed by atoms with E-state index < -0.39 is 0 Å². The Morgan fingerprint density at radius 1 is 1.33 bits per heavy atom. The lowest BCUT2D eigenvalue weighted by molar-refractivity contribution is -0.122. The third-order valence-electron chi connectivity index (χ3n) is 3.08. The van der Waals surface area contributed by atoms with Crippen molar-refractivity contribution in [2.45, 2.75) is 13.0 Å². The first-order chi connectivity index (χ1) is 8.66. The number of rotatable bonds is 3. The monoisotopic (exact) mass is 268 g/mol. The number of hydrogen-bond donors (Lipinski definition) is 1. The molecule has 2 rings (SSSR count). The maximum absolute atomic E-state index is 12.1. The molecular formula is C13H17ClN2O2. The summed E-state index contributed by atoms with van der Waals surface area (Å²) in [5.41, 5.74) is 0.768. The number of hydrogen-bond acceptors (Lipinski definition) is 3. The van der Waals surface area contributed by atoms with E-state index in [0.717, 1.165) is 18.8 Å². The number of anilines is 1. The van der Waals surface area contributed by atoms with Crippen LogP contribution in [0.3, 0.4) is 0 Å². The molecule has 5 heteroatoms. The van der Waals surface area contributed by atoms with Crippen molar-refractivity contribution in [1.29, 1.82) is 0 Å². The quantitative estimate of drug-likeness (QED) is 0.912. The molecule has 0 aromatic heterocycles. The van der Waals surface area contributed by atoms with Crippen LogP contribution in [-0.4, -0.2) is 43.2 Å². The van der Waals surface area contributed by atoms with Gasteiger partial charge in [0.05, 0.1) is 19.3 Å². The van der Waals surface area contributed by atoms with E-state index in [4.69, 9.17) is 16.3 Å². The van der Waals surface area contributed by atoms with E-state index >= 15 is 0 Å². The van der Waals surface area contributed by atoms with Gasteiger partial charge < -0.3 is 10.1 Å². The van der Waals surface area contributed by atoms with Gasteiger partial charge in [0.15, 0.2) is 0 Å². The molecule has 1 N–H and O–H groups in total. The van der Waals surface area contributed by atoms with Gasteiger partial charge in [0.25, 0.3) is 0 Å². The van der Waals surface area contributed by atoms with Crippen molar-refractivity contribution in [1.82, 2.24) is 4.90 Å². The number of morpholine rings is 1. The van der Waals surface area contributed by atoms with Crippen molar-refractivity contribution in [2.24, 2.45) is 0 Å². The third kappa shape index (κ3) is 3.45. The Kier molecular flexibility index (Phi) is 4.58. The van der Waals surface area contributed by atoms with Gasteiger partial charge in [-0.3, -0.25) is 9.69 Å². The molecule has 98 valence electrons. The molecule has 1 aliphatic rings. The number of carbonyl (C=O) groups excluding carboxylic acids is 1. The van der Waals surface area contributed by atoms with Gasteiger partial charge in [-0.2, -0.15) is 0 Å². The molecule has 1 aromatic rings. The third-order valence-corrected chi connectivity index (χ3v) is 3.34. The van der Waals surface area contributed by atoms with Crippen LogP contribution < -0.4 is 5.32 Å². The van der Waals surface area contributed by atoms with Gasteiger partial charge in [-0.25, -0.2) is 0 Å². The SMILES string of the molecule is C[C@H](C(=O)Nc1ccc(Cl)cc1)N1CCOCC1. The second-order valence-corrected chi connectivity index (χ2v) is 4.76. The van der Waals surface area contributed by atoms with Gasteiger partial charge in [0.1, 0.15) is 0 Å². The predicted octanol–water partition coefficient (Wildman–Crippen LogP) is 2.00. The first-order valence-corrected chi connectivity index (χ1v) is 6.43. The van der Waals surface area contributed by atoms with E-state index in [-0.39, 0.29) is 11.9 Å². The van der Waals surface area contributed by atoms with Crippen LogP contribution in [-0.2, 0) is 9.53 Å². The Morgan fingerprint density at radius 2 is 1.94 bits per heavy atom. The molecule has 1 amide bonds. The van der Waals surface area contributed by atoms with Crippen molar-refractivity contribution < 1.29 is 9.53 Å². The van der Waals surface area contributed by atoms with Gasteiger partial charge in [-0.05, 0) is 31.2 Å². The lowest BCUT2D eigenvalue weighted by Crippen LogP contribution is -2.47. The summed E-state index contributed by atoms with van der Waals surface area (Å²) in [4.78, 5) is 14.2. The molecule has 0 spiro atoms. The zero-order chi connectivity index (χ0) is 13.0. The second kappa shape index (κ2) is 6.18. The van der Waals surface area contributed by atoms with Crippen LogP contribution in [0.15, 0.2) is 24.3 Å². The van der Waals surface area contributed by atoms with Crippen LogP contribution in [0.2, 0.25) is 5.02 Å².